The number of quaternary nitrogens is 1. The second-order valence-electron chi connectivity index (χ2n) is 4.76. The molecule has 0 bridgehead atoms. The van der Waals surface area contributed by atoms with Crippen molar-refractivity contribution >= 4 is 11.8 Å². The van der Waals surface area contributed by atoms with Crippen LogP contribution in [-0.4, -0.2) is 56.0 Å². The van der Waals surface area contributed by atoms with Gasteiger partial charge < -0.3 is 19.5 Å². The van der Waals surface area contributed by atoms with E-state index in [1.807, 2.05) is 6.92 Å². The Balaban J connectivity index is 1.89. The number of piperazine rings is 1. The van der Waals surface area contributed by atoms with E-state index in [9.17, 15) is 9.59 Å². The zero-order valence-corrected chi connectivity index (χ0v) is 11.3. The summed E-state index contributed by atoms with van der Waals surface area (Å²) in [4.78, 5) is 26.6. The maximum absolute atomic E-state index is 12.1. The highest BCUT2D eigenvalue weighted by atomic mass is 16.3. The average molecular weight is 266 g/mol. The fourth-order valence-corrected chi connectivity index (χ4v) is 2.39. The number of amides is 2. The second kappa shape index (κ2) is 5.88. The number of nitrogens with one attached hydrogen (secondary N) is 2. The van der Waals surface area contributed by atoms with Gasteiger partial charge in [-0.1, -0.05) is 0 Å². The van der Waals surface area contributed by atoms with Gasteiger partial charge in [0.25, 0.3) is 11.8 Å². The van der Waals surface area contributed by atoms with Crippen molar-refractivity contribution in [1.82, 2.24) is 10.2 Å². The van der Waals surface area contributed by atoms with Gasteiger partial charge in [-0.2, -0.15) is 0 Å². The van der Waals surface area contributed by atoms with Crippen molar-refractivity contribution in [2.24, 2.45) is 0 Å². The Morgan fingerprint density at radius 2 is 2.11 bits per heavy atom. The minimum Gasteiger partial charge on any atom is -0.459 e. The Labute approximate surface area is 112 Å². The quantitative estimate of drug-likeness (QED) is 0.719. The van der Waals surface area contributed by atoms with E-state index in [0.717, 1.165) is 13.1 Å². The van der Waals surface area contributed by atoms with Gasteiger partial charge in [-0.3, -0.25) is 9.59 Å². The minimum absolute atomic E-state index is 0.0424. The van der Waals surface area contributed by atoms with E-state index in [2.05, 4.69) is 5.32 Å². The van der Waals surface area contributed by atoms with Crippen LogP contribution in [0.25, 0.3) is 0 Å². The summed E-state index contributed by atoms with van der Waals surface area (Å²) in [5, 5.41) is 2.66. The summed E-state index contributed by atoms with van der Waals surface area (Å²) in [5.74, 6) is 0.347. The highest BCUT2D eigenvalue weighted by molar-refractivity contribution is 5.91. The van der Waals surface area contributed by atoms with Crippen LogP contribution in [0.3, 0.4) is 0 Å². The molecular formula is C13H20N3O3+. The Kier molecular flexibility index (Phi) is 4.21. The lowest BCUT2D eigenvalue weighted by Gasteiger charge is -2.34. The molecule has 1 aliphatic heterocycles. The van der Waals surface area contributed by atoms with E-state index in [0.29, 0.717) is 18.8 Å². The summed E-state index contributed by atoms with van der Waals surface area (Å²) < 4.78 is 5.12. The van der Waals surface area contributed by atoms with Crippen molar-refractivity contribution < 1.29 is 18.9 Å². The summed E-state index contributed by atoms with van der Waals surface area (Å²) in [6, 6.07) is 3.31. The van der Waals surface area contributed by atoms with Crippen LogP contribution in [0, 0.1) is 0 Å². The van der Waals surface area contributed by atoms with Crippen molar-refractivity contribution in [3.05, 3.63) is 24.2 Å². The zero-order valence-electron chi connectivity index (χ0n) is 11.3. The average Bonchev–Trinajstić information content (AvgIpc) is 2.99. The number of furan rings is 1. The maximum atomic E-state index is 12.1. The highest BCUT2D eigenvalue weighted by Gasteiger charge is 2.31. The molecule has 6 nitrogen and oxygen atoms in total. The van der Waals surface area contributed by atoms with Gasteiger partial charge in [0.1, 0.15) is 0 Å². The predicted molar refractivity (Wildman–Crippen MR) is 68.8 cm³/mol. The number of hydrogen-bond acceptors (Lipinski definition) is 3. The van der Waals surface area contributed by atoms with Gasteiger partial charge in [0.05, 0.1) is 32.4 Å². The minimum atomic E-state index is -0.0779. The Morgan fingerprint density at radius 1 is 1.42 bits per heavy atom. The van der Waals surface area contributed by atoms with Crippen LogP contribution in [0.4, 0.5) is 0 Å². The Morgan fingerprint density at radius 3 is 2.63 bits per heavy atom. The molecule has 0 spiro atoms. The standard InChI is InChI=1S/C13H19N3O3/c1-10(12(17)14-2)15-5-7-16(8-6-15)13(18)11-4-3-9-19-11/h3-4,9-10H,5-8H2,1-2H3,(H,14,17)/p+1/t10-/m1/s1. The lowest BCUT2D eigenvalue weighted by atomic mass is 10.2. The largest absolute Gasteiger partial charge is 0.459 e. The fourth-order valence-electron chi connectivity index (χ4n) is 2.39. The van der Waals surface area contributed by atoms with Gasteiger partial charge in [0.15, 0.2) is 11.8 Å². The molecule has 1 aliphatic rings. The molecule has 19 heavy (non-hydrogen) atoms. The smallest absolute Gasteiger partial charge is 0.289 e. The lowest BCUT2D eigenvalue weighted by molar-refractivity contribution is -0.917. The normalized spacial score (nSPS) is 18.1. The third-order valence-electron chi connectivity index (χ3n) is 3.68. The van der Waals surface area contributed by atoms with Crippen LogP contribution in [0.2, 0.25) is 0 Å². The number of rotatable bonds is 3. The van der Waals surface area contributed by atoms with Gasteiger partial charge >= 0.3 is 0 Å². The van der Waals surface area contributed by atoms with E-state index in [1.54, 1.807) is 24.1 Å². The van der Waals surface area contributed by atoms with Gasteiger partial charge in [-0.25, -0.2) is 0 Å². The molecule has 0 aromatic carbocycles. The molecule has 0 radical (unpaired) electrons. The molecule has 0 saturated carbocycles. The van der Waals surface area contributed by atoms with Gasteiger partial charge in [0.2, 0.25) is 0 Å². The number of hydrogen-bond donors (Lipinski definition) is 2. The molecule has 1 fully saturated rings. The van der Waals surface area contributed by atoms with Gasteiger partial charge in [-0.15, -0.1) is 0 Å². The fraction of sp³-hybridized carbons (Fsp3) is 0.538. The molecule has 1 aromatic heterocycles. The number of nitrogens with zero attached hydrogens (tertiary/aromatic N) is 1. The topological polar surface area (TPSA) is 67.0 Å². The summed E-state index contributed by atoms with van der Waals surface area (Å²) in [7, 11) is 1.65. The predicted octanol–water partition coefficient (Wildman–Crippen LogP) is -1.25. The first kappa shape index (κ1) is 13.6. The van der Waals surface area contributed by atoms with E-state index >= 15 is 0 Å². The summed E-state index contributed by atoms with van der Waals surface area (Å²) >= 11 is 0. The first-order valence-corrected chi connectivity index (χ1v) is 6.52. The Bertz CT molecular complexity index is 436. The van der Waals surface area contributed by atoms with Crippen molar-refractivity contribution in [1.29, 1.82) is 0 Å². The van der Waals surface area contributed by atoms with E-state index in [-0.39, 0.29) is 17.9 Å². The van der Waals surface area contributed by atoms with E-state index in [1.165, 1.54) is 11.2 Å². The van der Waals surface area contributed by atoms with E-state index in [4.69, 9.17) is 4.42 Å². The van der Waals surface area contributed by atoms with Crippen LogP contribution in [-0.2, 0) is 4.79 Å². The third-order valence-corrected chi connectivity index (χ3v) is 3.68. The van der Waals surface area contributed by atoms with Crippen LogP contribution >= 0.6 is 0 Å². The van der Waals surface area contributed by atoms with Crippen molar-refractivity contribution in [2.45, 2.75) is 13.0 Å². The van der Waals surface area contributed by atoms with Crippen LogP contribution in [0.5, 0.6) is 0 Å². The van der Waals surface area contributed by atoms with Gasteiger partial charge in [-0.05, 0) is 19.1 Å². The highest BCUT2D eigenvalue weighted by Crippen LogP contribution is 2.05. The summed E-state index contributed by atoms with van der Waals surface area (Å²) in [6.07, 6.45) is 1.50. The van der Waals surface area contributed by atoms with E-state index < -0.39 is 0 Å². The third kappa shape index (κ3) is 2.96. The SMILES string of the molecule is CNC(=O)[C@@H](C)[NH+]1CCN(C(=O)c2ccco2)CC1. The van der Waals surface area contributed by atoms with Gasteiger partial charge in [0, 0.05) is 7.05 Å². The van der Waals surface area contributed by atoms with Crippen molar-refractivity contribution in [2.75, 3.05) is 33.2 Å². The molecule has 2 amide bonds. The molecular weight excluding hydrogens is 246 g/mol. The molecule has 0 aliphatic carbocycles. The molecule has 2 heterocycles. The molecule has 2 rings (SSSR count). The number of carbonyl (C=O) groups excluding carboxylic acids is 2. The molecule has 6 heteroatoms. The zero-order chi connectivity index (χ0) is 13.8. The van der Waals surface area contributed by atoms with Crippen molar-refractivity contribution in [3.63, 3.8) is 0 Å². The summed E-state index contributed by atoms with van der Waals surface area (Å²) in [6.45, 7) is 4.77. The summed E-state index contributed by atoms with van der Waals surface area (Å²) in [5.41, 5.74) is 0. The van der Waals surface area contributed by atoms with Crippen LogP contribution < -0.4 is 10.2 Å². The van der Waals surface area contributed by atoms with Crippen LogP contribution in [0.1, 0.15) is 17.5 Å². The first-order chi connectivity index (χ1) is 9.13. The molecule has 1 saturated heterocycles. The number of likely N-dealkylation sites (N-methyl/N-ethyl adjacent to an activating group) is 1. The molecule has 104 valence electrons. The number of carbonyl (C=O) groups is 2. The van der Waals surface area contributed by atoms with Crippen LogP contribution in [0.15, 0.2) is 22.8 Å². The lowest BCUT2D eigenvalue weighted by Crippen LogP contribution is -3.19. The molecule has 1 aromatic rings. The maximum Gasteiger partial charge on any atom is 0.289 e. The monoisotopic (exact) mass is 266 g/mol. The van der Waals surface area contributed by atoms with Crippen molar-refractivity contribution in [3.8, 4) is 0 Å². The second-order valence-corrected chi connectivity index (χ2v) is 4.76. The molecule has 1 atom stereocenters. The first-order valence-electron chi connectivity index (χ1n) is 6.52. The molecule has 2 N–H and O–H groups in total. The Hall–Kier alpha value is -1.82. The molecule has 0 unspecified atom stereocenters.